The average molecular weight is 469 g/mol. The summed E-state index contributed by atoms with van der Waals surface area (Å²) in [6.07, 6.45) is 4.64. The minimum atomic E-state index is -0.367. The number of carbonyl (C=O) groups is 1. The second kappa shape index (κ2) is 7.58. The van der Waals surface area contributed by atoms with Gasteiger partial charge in [0.05, 0.1) is 11.5 Å². The Morgan fingerprint density at radius 1 is 1.00 bits per heavy atom. The number of carbonyl (C=O) groups excluding carboxylic acids is 1. The van der Waals surface area contributed by atoms with Crippen LogP contribution < -0.4 is 9.47 Å². The van der Waals surface area contributed by atoms with E-state index in [0.29, 0.717) is 24.5 Å². The van der Waals surface area contributed by atoms with E-state index in [4.69, 9.17) is 18.9 Å². The maximum Gasteiger partial charge on any atom is 0.311 e. The number of benzene rings is 1. The van der Waals surface area contributed by atoms with E-state index < -0.39 is 0 Å². The zero-order valence-electron chi connectivity index (χ0n) is 20.3. The van der Waals surface area contributed by atoms with Crippen LogP contribution in [0, 0.1) is 23.7 Å². The van der Waals surface area contributed by atoms with E-state index in [0.717, 1.165) is 70.0 Å². The molecule has 0 radical (unpaired) electrons. The van der Waals surface area contributed by atoms with Crippen molar-refractivity contribution in [3.05, 3.63) is 23.8 Å². The number of hydrogen-bond acceptors (Lipinski definition) is 7. The lowest BCUT2D eigenvalue weighted by Gasteiger charge is -2.50. The Balaban J connectivity index is 1.01. The first-order chi connectivity index (χ1) is 16.5. The lowest BCUT2D eigenvalue weighted by Crippen LogP contribution is -2.58. The maximum absolute atomic E-state index is 13.3. The van der Waals surface area contributed by atoms with Crippen LogP contribution in [0.4, 0.5) is 0 Å². The summed E-state index contributed by atoms with van der Waals surface area (Å²) in [7, 11) is 0. The average Bonchev–Trinajstić information content (AvgIpc) is 3.19. The van der Waals surface area contributed by atoms with Crippen molar-refractivity contribution >= 4 is 5.97 Å². The van der Waals surface area contributed by atoms with Crippen LogP contribution in [0.5, 0.6) is 11.5 Å². The number of epoxide rings is 1. The molecule has 3 saturated heterocycles. The number of piperazine rings is 1. The van der Waals surface area contributed by atoms with E-state index in [1.165, 1.54) is 12.0 Å². The summed E-state index contributed by atoms with van der Waals surface area (Å²) in [6, 6.07) is 6.24. The first-order valence-electron chi connectivity index (χ1n) is 13.2. The standard InChI is InChI=1S/C27H36N2O5/c1-17-3-5-21-19(24(30)33-27(21)20(17)7-8-26(2)25(27)34-26)15-29-11-9-28(10-12-29)14-18-4-6-22-23(13-18)32-16-31-22/h4,6,13,17,19-21,25H,3,5,7-12,14-16H2,1-2H3/t17-,19-,20+,21+,25-,26-,27-/m1/s1. The number of fused-ring (bicyclic) bond motifs is 2. The quantitative estimate of drug-likeness (QED) is 0.497. The first-order valence-corrected chi connectivity index (χ1v) is 13.2. The molecule has 5 fully saturated rings. The topological polar surface area (TPSA) is 63.8 Å². The van der Waals surface area contributed by atoms with Gasteiger partial charge in [-0.15, -0.1) is 0 Å². The van der Waals surface area contributed by atoms with Gasteiger partial charge in [-0.1, -0.05) is 13.0 Å². The largest absolute Gasteiger partial charge is 0.455 e. The van der Waals surface area contributed by atoms with Crippen LogP contribution in [0.25, 0.3) is 0 Å². The Bertz CT molecular complexity index is 993. The number of rotatable bonds is 4. The normalized spacial score (nSPS) is 43.1. The molecule has 0 bridgehead atoms. The number of esters is 1. The fourth-order valence-electron chi connectivity index (χ4n) is 7.97. The van der Waals surface area contributed by atoms with Crippen molar-refractivity contribution in [2.24, 2.45) is 23.7 Å². The molecule has 0 amide bonds. The summed E-state index contributed by atoms with van der Waals surface area (Å²) in [5, 5.41) is 0. The highest BCUT2D eigenvalue weighted by Crippen LogP contribution is 2.66. The zero-order chi connectivity index (χ0) is 23.1. The third kappa shape index (κ3) is 3.16. The molecule has 0 aromatic heterocycles. The van der Waals surface area contributed by atoms with Gasteiger partial charge in [-0.3, -0.25) is 14.6 Å². The van der Waals surface area contributed by atoms with Crippen LogP contribution in [0.1, 0.15) is 45.1 Å². The first kappa shape index (κ1) is 21.5. The van der Waals surface area contributed by atoms with Crippen LogP contribution in [0.2, 0.25) is 0 Å². The predicted molar refractivity (Wildman–Crippen MR) is 124 cm³/mol. The summed E-state index contributed by atoms with van der Waals surface area (Å²) >= 11 is 0. The van der Waals surface area contributed by atoms with Crippen LogP contribution in [0.3, 0.4) is 0 Å². The van der Waals surface area contributed by atoms with E-state index in [1.807, 2.05) is 6.07 Å². The Morgan fingerprint density at radius 3 is 2.65 bits per heavy atom. The van der Waals surface area contributed by atoms with Crippen LogP contribution >= 0.6 is 0 Å². The smallest absolute Gasteiger partial charge is 0.311 e. The summed E-state index contributed by atoms with van der Waals surface area (Å²) in [5.41, 5.74) is 0.820. The second-order valence-corrected chi connectivity index (χ2v) is 11.8. The minimum Gasteiger partial charge on any atom is -0.455 e. The summed E-state index contributed by atoms with van der Waals surface area (Å²) in [6.45, 7) is 10.6. The molecular weight excluding hydrogens is 432 g/mol. The molecule has 7 heteroatoms. The molecule has 0 N–H and O–H groups in total. The monoisotopic (exact) mass is 468 g/mol. The highest BCUT2D eigenvalue weighted by atomic mass is 16.7. The molecule has 1 aromatic carbocycles. The van der Waals surface area contributed by atoms with Gasteiger partial charge in [-0.2, -0.15) is 0 Å². The molecular formula is C27H36N2O5. The lowest BCUT2D eigenvalue weighted by atomic mass is 9.55. The molecule has 7 nitrogen and oxygen atoms in total. The van der Waals surface area contributed by atoms with E-state index in [9.17, 15) is 4.79 Å². The second-order valence-electron chi connectivity index (χ2n) is 11.8. The van der Waals surface area contributed by atoms with Gasteiger partial charge in [-0.25, -0.2) is 0 Å². The Hall–Kier alpha value is -1.83. The fourth-order valence-corrected chi connectivity index (χ4v) is 7.97. The molecule has 2 saturated carbocycles. The molecule has 184 valence electrons. The summed E-state index contributed by atoms with van der Waals surface area (Å²) in [4.78, 5) is 18.3. The van der Waals surface area contributed by atoms with Crippen LogP contribution in [-0.2, 0) is 20.8 Å². The Kier molecular flexibility index (Phi) is 4.78. The molecule has 6 aliphatic rings. The van der Waals surface area contributed by atoms with Gasteiger partial charge in [0.1, 0.15) is 11.7 Å². The van der Waals surface area contributed by atoms with Crippen molar-refractivity contribution < 1.29 is 23.7 Å². The van der Waals surface area contributed by atoms with Crippen LogP contribution in [-0.4, -0.2) is 72.6 Å². The van der Waals surface area contributed by atoms with Crippen molar-refractivity contribution in [3.63, 3.8) is 0 Å². The number of hydrogen-bond donors (Lipinski definition) is 0. The van der Waals surface area contributed by atoms with Gasteiger partial charge < -0.3 is 18.9 Å². The predicted octanol–water partition coefficient (Wildman–Crippen LogP) is 3.06. The third-order valence-corrected chi connectivity index (χ3v) is 9.85. The van der Waals surface area contributed by atoms with Gasteiger partial charge in [-0.05, 0) is 56.2 Å². The Morgan fingerprint density at radius 2 is 1.79 bits per heavy atom. The highest BCUT2D eigenvalue weighted by Gasteiger charge is 2.77. The minimum absolute atomic E-state index is 0.0121. The van der Waals surface area contributed by atoms with Gasteiger partial charge in [0.2, 0.25) is 6.79 Å². The van der Waals surface area contributed by atoms with Crippen molar-refractivity contribution in [1.29, 1.82) is 0 Å². The van der Waals surface area contributed by atoms with E-state index in [1.54, 1.807) is 0 Å². The fraction of sp³-hybridized carbons (Fsp3) is 0.741. The molecule has 1 spiro atoms. The van der Waals surface area contributed by atoms with Crippen molar-refractivity contribution in [1.82, 2.24) is 9.80 Å². The van der Waals surface area contributed by atoms with Gasteiger partial charge in [0.15, 0.2) is 11.5 Å². The Labute approximate surface area is 201 Å². The maximum atomic E-state index is 13.3. The number of ether oxygens (including phenoxy) is 4. The molecule has 0 unspecified atom stereocenters. The van der Waals surface area contributed by atoms with Gasteiger partial charge in [0.25, 0.3) is 0 Å². The SMILES string of the molecule is C[C@@H]1CC[C@H]2[C@@H](CN3CCN(Cc4ccc5c(c4)OCO5)CC3)C(=O)O[C@]23[C@H]1CC[C@@]1(C)O[C@@H]31. The van der Waals surface area contributed by atoms with Crippen LogP contribution in [0.15, 0.2) is 18.2 Å². The summed E-state index contributed by atoms with van der Waals surface area (Å²) < 4.78 is 23.6. The molecule has 7 atom stereocenters. The van der Waals surface area contributed by atoms with Crippen molar-refractivity contribution in [2.45, 2.75) is 63.4 Å². The van der Waals surface area contributed by atoms with E-state index in [-0.39, 0.29) is 29.2 Å². The van der Waals surface area contributed by atoms with Crippen molar-refractivity contribution in [3.8, 4) is 11.5 Å². The number of nitrogens with zero attached hydrogens (tertiary/aromatic N) is 2. The van der Waals surface area contributed by atoms with Crippen molar-refractivity contribution in [2.75, 3.05) is 39.5 Å². The third-order valence-electron chi connectivity index (χ3n) is 9.85. The molecule has 1 aromatic rings. The van der Waals surface area contributed by atoms with E-state index >= 15 is 0 Å². The molecule has 7 rings (SSSR count). The highest BCUT2D eigenvalue weighted by molar-refractivity contribution is 5.77. The molecule has 34 heavy (non-hydrogen) atoms. The van der Waals surface area contributed by atoms with Gasteiger partial charge in [0, 0.05) is 51.1 Å². The zero-order valence-corrected chi connectivity index (χ0v) is 20.3. The van der Waals surface area contributed by atoms with Gasteiger partial charge >= 0.3 is 5.97 Å². The molecule has 2 aliphatic carbocycles. The lowest BCUT2D eigenvalue weighted by molar-refractivity contribution is -0.168. The van der Waals surface area contributed by atoms with E-state index in [2.05, 4.69) is 35.8 Å². The molecule has 4 aliphatic heterocycles. The molecule has 4 heterocycles. The summed E-state index contributed by atoms with van der Waals surface area (Å²) in [5.74, 6) is 3.08.